The number of carboxylic acids is 3. The standard InChI is InChI=1S/C6H12N2.C6H8O4.C3H6O3.CH4.Pt/c7-3-5-1-2-6(5)4-8;7-4(8)6(5(9)10)2-1-3-6;1-2(4)3(5)6;;/h5-8H,1-4H2;1-3H2,(H,7,8)(H,9,10);2,4H,1H3,(H,5,6);1H4;/q-2;;;;+2. The van der Waals surface area contributed by atoms with E-state index in [0.717, 1.165) is 0 Å². The van der Waals surface area contributed by atoms with Crippen molar-refractivity contribution in [3.05, 3.63) is 11.5 Å². The summed E-state index contributed by atoms with van der Waals surface area (Å²) in [6, 6.07) is 0. The molecule has 2 rings (SSSR count). The van der Waals surface area contributed by atoms with Crippen LogP contribution in [-0.4, -0.2) is 57.5 Å². The molecule has 2 saturated carbocycles. The third kappa shape index (κ3) is 8.57. The number of carbonyl (C=O) groups is 3. The van der Waals surface area contributed by atoms with Gasteiger partial charge in [0.05, 0.1) is 0 Å². The zero-order valence-corrected chi connectivity index (χ0v) is 16.3. The summed E-state index contributed by atoms with van der Waals surface area (Å²) in [5.41, 5.74) is 12.6. The van der Waals surface area contributed by atoms with Gasteiger partial charge in [-0.25, -0.2) is 4.79 Å². The molecule has 0 aromatic carbocycles. The topological polar surface area (TPSA) is 180 Å². The minimum Gasteiger partial charge on any atom is -0.677 e. The molecule has 0 aromatic rings. The smallest absolute Gasteiger partial charge is 0.677 e. The minimum absolute atomic E-state index is 0. The van der Waals surface area contributed by atoms with Crippen LogP contribution in [0.1, 0.15) is 46.5 Å². The van der Waals surface area contributed by atoms with Crippen LogP contribution in [0.2, 0.25) is 0 Å². The van der Waals surface area contributed by atoms with Gasteiger partial charge in [-0.1, -0.05) is 32.1 Å². The third-order valence-corrected chi connectivity index (χ3v) is 4.48. The molecule has 0 radical (unpaired) electrons. The molecule has 0 aromatic heterocycles. The van der Waals surface area contributed by atoms with Gasteiger partial charge in [0.1, 0.15) is 6.10 Å². The molecule has 0 amide bonds. The van der Waals surface area contributed by atoms with E-state index >= 15 is 0 Å². The monoisotopic (exact) mass is 557 g/mol. The maximum atomic E-state index is 10.4. The van der Waals surface area contributed by atoms with Crippen LogP contribution in [0.4, 0.5) is 0 Å². The van der Waals surface area contributed by atoms with Crippen LogP contribution in [0.15, 0.2) is 0 Å². The van der Waals surface area contributed by atoms with Crippen molar-refractivity contribution < 1.29 is 55.9 Å². The molecule has 26 heavy (non-hydrogen) atoms. The van der Waals surface area contributed by atoms with Crippen LogP contribution in [0.5, 0.6) is 0 Å². The van der Waals surface area contributed by atoms with Crippen LogP contribution in [0.3, 0.4) is 0 Å². The molecular weight excluding hydrogens is 527 g/mol. The van der Waals surface area contributed by atoms with E-state index in [0.29, 0.717) is 31.3 Å². The van der Waals surface area contributed by atoms with E-state index in [1.54, 1.807) is 0 Å². The van der Waals surface area contributed by atoms with Crippen molar-refractivity contribution in [2.75, 3.05) is 13.1 Å². The fraction of sp³-hybridized carbons (Fsp3) is 0.812. The first-order valence-corrected chi connectivity index (χ1v) is 7.79. The third-order valence-electron chi connectivity index (χ3n) is 4.48. The van der Waals surface area contributed by atoms with Crippen molar-refractivity contribution in [2.45, 2.75) is 52.6 Å². The number of hydrogen-bond acceptors (Lipinski definition) is 4. The number of rotatable bonds is 5. The van der Waals surface area contributed by atoms with Crippen LogP contribution < -0.4 is 0 Å². The molecule has 0 spiro atoms. The second-order valence-electron chi connectivity index (χ2n) is 6.07. The summed E-state index contributed by atoms with van der Waals surface area (Å²) in [5.74, 6) is -2.44. The average Bonchev–Trinajstić information content (AvgIpc) is 2.37. The first-order valence-electron chi connectivity index (χ1n) is 7.79. The van der Waals surface area contributed by atoms with E-state index in [2.05, 4.69) is 0 Å². The van der Waals surface area contributed by atoms with E-state index in [-0.39, 0.29) is 41.3 Å². The Balaban J connectivity index is -0.000000303. The molecule has 9 nitrogen and oxygen atoms in total. The van der Waals surface area contributed by atoms with Gasteiger partial charge in [-0.2, -0.15) is 0 Å². The van der Waals surface area contributed by atoms with E-state index in [9.17, 15) is 14.4 Å². The summed E-state index contributed by atoms with van der Waals surface area (Å²) in [6.07, 6.45) is 2.43. The maximum absolute atomic E-state index is 10.4. The number of aliphatic hydroxyl groups excluding tert-OH is 1. The molecule has 10 heteroatoms. The molecule has 2 fully saturated rings. The fourth-order valence-corrected chi connectivity index (χ4v) is 2.23. The van der Waals surface area contributed by atoms with Gasteiger partial charge in [0.25, 0.3) is 0 Å². The first-order chi connectivity index (χ1) is 11.1. The van der Waals surface area contributed by atoms with Crippen LogP contribution >= 0.6 is 0 Å². The van der Waals surface area contributed by atoms with Gasteiger partial charge in [-0.3, -0.25) is 9.59 Å². The Labute approximate surface area is 168 Å². The van der Waals surface area contributed by atoms with Gasteiger partial charge in [-0.15, -0.1) is 13.1 Å². The van der Waals surface area contributed by atoms with E-state index in [4.69, 9.17) is 31.9 Å². The second-order valence-corrected chi connectivity index (χ2v) is 6.07. The van der Waals surface area contributed by atoms with Crippen LogP contribution in [0, 0.1) is 17.3 Å². The van der Waals surface area contributed by atoms with Crippen molar-refractivity contribution in [2.24, 2.45) is 17.3 Å². The van der Waals surface area contributed by atoms with E-state index in [1.165, 1.54) is 19.8 Å². The quantitative estimate of drug-likeness (QED) is 0.375. The van der Waals surface area contributed by atoms with Crippen molar-refractivity contribution >= 4 is 17.9 Å². The van der Waals surface area contributed by atoms with E-state index < -0.39 is 29.4 Å². The molecule has 156 valence electrons. The zero-order valence-electron chi connectivity index (χ0n) is 14.0. The van der Waals surface area contributed by atoms with E-state index in [1.807, 2.05) is 0 Å². The summed E-state index contributed by atoms with van der Waals surface area (Å²) < 4.78 is 0. The minimum atomic E-state index is -1.44. The molecule has 6 N–H and O–H groups in total. The Morgan fingerprint density at radius 2 is 1.31 bits per heavy atom. The predicted molar refractivity (Wildman–Crippen MR) is 92.2 cm³/mol. The Bertz CT molecular complexity index is 412. The summed E-state index contributed by atoms with van der Waals surface area (Å²) in [6.45, 7) is 2.29. The zero-order chi connectivity index (χ0) is 18.9. The summed E-state index contributed by atoms with van der Waals surface area (Å²) >= 11 is 0. The normalized spacial score (nSPS) is 22.6. The summed E-state index contributed by atoms with van der Waals surface area (Å²) in [5, 5.41) is 32.7. The molecular formula is C16H30N2O7Pt. The predicted octanol–water partition coefficient (Wildman–Crippen LogP) is 2.53. The van der Waals surface area contributed by atoms with Gasteiger partial charge < -0.3 is 31.9 Å². The Morgan fingerprint density at radius 1 is 1.00 bits per heavy atom. The molecule has 0 saturated heterocycles. The van der Waals surface area contributed by atoms with Crippen LogP contribution in [0.25, 0.3) is 11.5 Å². The van der Waals surface area contributed by atoms with Crippen molar-refractivity contribution in [3.63, 3.8) is 0 Å². The molecule has 3 atom stereocenters. The largest absolute Gasteiger partial charge is 2.00 e. The SMILES string of the molecule is C.CC(O)C(=O)O.O=C(O)C1(C(=O)O)CCC1.[NH-]CC1CCC1C[NH-].[Pt+2]. The summed E-state index contributed by atoms with van der Waals surface area (Å²) in [7, 11) is 0. The van der Waals surface area contributed by atoms with Crippen molar-refractivity contribution in [1.29, 1.82) is 0 Å². The molecule has 2 aliphatic rings. The van der Waals surface area contributed by atoms with Crippen LogP contribution in [-0.2, 0) is 35.4 Å². The Kier molecular flexibility index (Phi) is 16.1. The van der Waals surface area contributed by atoms with Gasteiger partial charge in [-0.05, 0) is 26.2 Å². The maximum Gasteiger partial charge on any atom is 2.00 e. The molecule has 3 unspecified atom stereocenters. The number of aliphatic carboxylic acids is 3. The Hall–Kier alpha value is -1.02. The summed E-state index contributed by atoms with van der Waals surface area (Å²) in [4.78, 5) is 30.2. The number of aliphatic hydroxyl groups is 1. The first kappa shape index (κ1) is 29.7. The molecule has 0 bridgehead atoms. The average molecular weight is 558 g/mol. The number of nitrogens with one attached hydrogen (secondary N) is 2. The molecule has 0 heterocycles. The number of carboxylic acid groups (broad SMARTS) is 3. The van der Waals surface area contributed by atoms with Gasteiger partial charge >= 0.3 is 39.0 Å². The van der Waals surface area contributed by atoms with Gasteiger partial charge in [0.2, 0.25) is 0 Å². The Morgan fingerprint density at radius 3 is 1.35 bits per heavy atom. The second kappa shape index (κ2) is 14.1. The van der Waals surface area contributed by atoms with Crippen molar-refractivity contribution in [1.82, 2.24) is 0 Å². The van der Waals surface area contributed by atoms with Crippen molar-refractivity contribution in [3.8, 4) is 0 Å². The molecule has 2 aliphatic carbocycles. The fourth-order valence-electron chi connectivity index (χ4n) is 2.23. The molecule has 0 aliphatic heterocycles. The van der Waals surface area contributed by atoms with Gasteiger partial charge in [0.15, 0.2) is 5.41 Å². The number of hydrogen-bond donors (Lipinski definition) is 4. The van der Waals surface area contributed by atoms with Gasteiger partial charge in [0, 0.05) is 0 Å².